The van der Waals surface area contributed by atoms with Crippen LogP contribution in [0.15, 0.2) is 22.7 Å². The Kier molecular flexibility index (Phi) is 7.07. The van der Waals surface area contributed by atoms with Gasteiger partial charge in [0.1, 0.15) is 11.4 Å². The number of nitrogens with one attached hydrogen (secondary N) is 1. The Labute approximate surface area is 199 Å². The second-order valence-corrected chi connectivity index (χ2v) is 10.2. The Bertz CT molecular complexity index is 1030. The second-order valence-electron chi connectivity index (χ2n) is 9.37. The molecule has 0 radical (unpaired) electrons. The quantitative estimate of drug-likeness (QED) is 0.420. The number of alkyl carbamates (subject to hydrolysis) is 1. The summed E-state index contributed by atoms with van der Waals surface area (Å²) in [5, 5.41) is 2.55. The van der Waals surface area contributed by atoms with Gasteiger partial charge in [0.15, 0.2) is 5.72 Å². The highest BCUT2D eigenvalue weighted by Crippen LogP contribution is 2.45. The molecule has 182 valence electrons. The number of carbonyl (C=O) groups is 1. The van der Waals surface area contributed by atoms with Crippen molar-refractivity contribution in [3.05, 3.63) is 28.2 Å². The van der Waals surface area contributed by atoms with Gasteiger partial charge in [0.2, 0.25) is 5.88 Å². The number of rotatable bonds is 5. The molecule has 0 saturated heterocycles. The number of fused-ring (bicyclic) bond motifs is 1. The lowest BCUT2D eigenvalue weighted by Gasteiger charge is -2.33. The Morgan fingerprint density at radius 1 is 1.18 bits per heavy atom. The van der Waals surface area contributed by atoms with Crippen molar-refractivity contribution >= 4 is 32.9 Å². The normalized spacial score (nSPS) is 16.2. The van der Waals surface area contributed by atoms with Crippen LogP contribution in [-0.2, 0) is 10.9 Å². The molecular formula is C23H28BrF3N2O4. The van der Waals surface area contributed by atoms with E-state index >= 15 is 0 Å². The number of alkyl halides is 3. The van der Waals surface area contributed by atoms with E-state index in [1.54, 1.807) is 40.7 Å². The van der Waals surface area contributed by atoms with Gasteiger partial charge < -0.3 is 14.2 Å². The van der Waals surface area contributed by atoms with Gasteiger partial charge in [0, 0.05) is 18.9 Å². The van der Waals surface area contributed by atoms with Crippen molar-refractivity contribution in [2.24, 2.45) is 0 Å². The van der Waals surface area contributed by atoms with Crippen LogP contribution in [0.5, 0.6) is 11.6 Å². The predicted octanol–water partition coefficient (Wildman–Crippen LogP) is 6.98. The van der Waals surface area contributed by atoms with Crippen LogP contribution >= 0.6 is 15.9 Å². The van der Waals surface area contributed by atoms with Crippen molar-refractivity contribution in [1.82, 2.24) is 10.3 Å². The van der Waals surface area contributed by atoms with E-state index in [1.165, 1.54) is 6.07 Å². The van der Waals surface area contributed by atoms with E-state index in [0.29, 0.717) is 17.3 Å². The van der Waals surface area contributed by atoms with E-state index in [4.69, 9.17) is 14.2 Å². The van der Waals surface area contributed by atoms with Gasteiger partial charge in [-0.1, -0.05) is 0 Å². The smallest absolute Gasteiger partial charge is 0.417 e. The summed E-state index contributed by atoms with van der Waals surface area (Å²) in [5.41, 5.74) is -2.78. The minimum atomic E-state index is -4.68. The number of nitrogens with zero attached hydrogens (tertiary/aromatic N) is 1. The van der Waals surface area contributed by atoms with Crippen molar-refractivity contribution in [3.63, 3.8) is 0 Å². The number of pyridine rings is 1. The molecule has 3 rings (SSSR count). The number of benzene rings is 1. The van der Waals surface area contributed by atoms with Crippen LogP contribution in [-0.4, -0.2) is 28.5 Å². The molecule has 2 aromatic rings. The highest BCUT2D eigenvalue weighted by Gasteiger charge is 2.42. The number of halogens is 4. The summed E-state index contributed by atoms with van der Waals surface area (Å²) in [6.07, 6.45) is -3.37. The molecule has 1 amide bonds. The lowest BCUT2D eigenvalue weighted by molar-refractivity contribution is -0.136. The third-order valence-electron chi connectivity index (χ3n) is 4.95. The predicted molar refractivity (Wildman–Crippen MR) is 121 cm³/mol. The standard InChI is InChI=1S/C23H28BrF3N2O4/c1-13(2)31-17-12-14(23(25,26)27)18-16(28-17)9-8-15(24)19(18)32-22(10-6-7-11-22)29-20(30)33-21(3,4)5/h8-9,12-13H,6-7,10-11H2,1-5H3,(H,29,30). The lowest BCUT2D eigenvalue weighted by atomic mass is 10.1. The van der Waals surface area contributed by atoms with Gasteiger partial charge in [-0.25, -0.2) is 9.78 Å². The Morgan fingerprint density at radius 3 is 2.36 bits per heavy atom. The highest BCUT2D eigenvalue weighted by molar-refractivity contribution is 9.10. The lowest BCUT2D eigenvalue weighted by Crippen LogP contribution is -2.52. The summed E-state index contributed by atoms with van der Waals surface area (Å²) in [7, 11) is 0. The number of amides is 1. The van der Waals surface area contributed by atoms with Crippen LogP contribution in [0.4, 0.5) is 18.0 Å². The number of hydrogen-bond acceptors (Lipinski definition) is 5. The second kappa shape index (κ2) is 9.19. The van der Waals surface area contributed by atoms with Gasteiger partial charge in [0.25, 0.3) is 0 Å². The summed E-state index contributed by atoms with van der Waals surface area (Å²) in [6.45, 7) is 8.61. The van der Waals surface area contributed by atoms with Crippen molar-refractivity contribution in [2.45, 2.75) is 83.9 Å². The molecule has 1 fully saturated rings. The van der Waals surface area contributed by atoms with Gasteiger partial charge in [-0.3, -0.25) is 5.32 Å². The van der Waals surface area contributed by atoms with Crippen molar-refractivity contribution < 1.29 is 32.2 Å². The summed E-state index contributed by atoms with van der Waals surface area (Å²) in [4.78, 5) is 16.8. The van der Waals surface area contributed by atoms with Crippen LogP contribution in [0.3, 0.4) is 0 Å². The molecule has 1 aliphatic rings. The van der Waals surface area contributed by atoms with E-state index in [1.807, 2.05) is 0 Å². The van der Waals surface area contributed by atoms with Gasteiger partial charge in [-0.15, -0.1) is 0 Å². The number of hydrogen-bond donors (Lipinski definition) is 1. The van der Waals surface area contributed by atoms with Gasteiger partial charge in [-0.05, 0) is 75.5 Å². The Hall–Kier alpha value is -2.23. The molecule has 10 heteroatoms. The van der Waals surface area contributed by atoms with Crippen molar-refractivity contribution in [1.29, 1.82) is 0 Å². The minimum absolute atomic E-state index is 0.0404. The van der Waals surface area contributed by atoms with E-state index < -0.39 is 29.2 Å². The highest BCUT2D eigenvalue weighted by atomic mass is 79.9. The molecule has 1 heterocycles. The third kappa shape index (κ3) is 6.22. The zero-order valence-electron chi connectivity index (χ0n) is 19.2. The van der Waals surface area contributed by atoms with E-state index in [0.717, 1.165) is 18.9 Å². The molecule has 1 aromatic heterocycles. The van der Waals surface area contributed by atoms with Crippen LogP contribution in [0.1, 0.15) is 65.9 Å². The van der Waals surface area contributed by atoms with Crippen molar-refractivity contribution in [2.75, 3.05) is 0 Å². The summed E-state index contributed by atoms with van der Waals surface area (Å²) >= 11 is 3.33. The fourth-order valence-corrected chi connectivity index (χ4v) is 4.17. The van der Waals surface area contributed by atoms with Crippen LogP contribution in [0, 0.1) is 0 Å². The maximum atomic E-state index is 14.1. The minimum Gasteiger partial charge on any atom is -0.475 e. The topological polar surface area (TPSA) is 69.7 Å². The van der Waals surface area contributed by atoms with Gasteiger partial charge >= 0.3 is 12.3 Å². The first kappa shape index (κ1) is 25.4. The zero-order chi connectivity index (χ0) is 24.6. The fraction of sp³-hybridized carbons (Fsp3) is 0.565. The molecule has 6 nitrogen and oxygen atoms in total. The maximum absolute atomic E-state index is 14.1. The van der Waals surface area contributed by atoms with E-state index in [9.17, 15) is 18.0 Å². The molecule has 1 N–H and O–H groups in total. The number of aromatic nitrogens is 1. The molecule has 0 spiro atoms. The molecule has 0 bridgehead atoms. The summed E-state index contributed by atoms with van der Waals surface area (Å²) in [6, 6.07) is 3.92. The van der Waals surface area contributed by atoms with Crippen LogP contribution in [0.2, 0.25) is 0 Å². The Balaban J connectivity index is 2.11. The van der Waals surface area contributed by atoms with Crippen LogP contribution in [0.25, 0.3) is 10.9 Å². The molecular weight excluding hydrogens is 505 g/mol. The molecule has 1 saturated carbocycles. The van der Waals surface area contributed by atoms with Crippen LogP contribution < -0.4 is 14.8 Å². The first-order chi connectivity index (χ1) is 15.2. The summed E-state index contributed by atoms with van der Waals surface area (Å²) in [5.74, 6) is -0.165. The van der Waals surface area contributed by atoms with Gasteiger partial charge in [0.05, 0.1) is 27.0 Å². The fourth-order valence-electron chi connectivity index (χ4n) is 3.76. The molecule has 1 aromatic carbocycles. The van der Waals surface area contributed by atoms with Crippen molar-refractivity contribution in [3.8, 4) is 11.6 Å². The molecule has 1 aliphatic carbocycles. The molecule has 0 unspecified atom stereocenters. The SMILES string of the molecule is CC(C)Oc1cc(C(F)(F)F)c2c(OC3(NC(=O)OC(C)(C)C)CCCC3)c(Br)ccc2n1. The summed E-state index contributed by atoms with van der Waals surface area (Å²) < 4.78 is 59.7. The molecule has 33 heavy (non-hydrogen) atoms. The largest absolute Gasteiger partial charge is 0.475 e. The number of ether oxygens (including phenoxy) is 3. The van der Waals surface area contributed by atoms with Gasteiger partial charge in [-0.2, -0.15) is 13.2 Å². The van der Waals surface area contributed by atoms with E-state index in [-0.39, 0.29) is 28.6 Å². The first-order valence-electron chi connectivity index (χ1n) is 10.8. The monoisotopic (exact) mass is 532 g/mol. The zero-order valence-corrected chi connectivity index (χ0v) is 20.8. The third-order valence-corrected chi connectivity index (χ3v) is 5.58. The maximum Gasteiger partial charge on any atom is 0.417 e. The molecule has 0 atom stereocenters. The number of carbonyl (C=O) groups excluding carboxylic acids is 1. The average molecular weight is 533 g/mol. The Morgan fingerprint density at radius 2 is 1.82 bits per heavy atom. The first-order valence-corrected chi connectivity index (χ1v) is 11.6. The van der Waals surface area contributed by atoms with E-state index in [2.05, 4.69) is 26.2 Å². The average Bonchev–Trinajstić information content (AvgIpc) is 3.08. The molecule has 0 aliphatic heterocycles.